The number of alkyl halides is 3. The van der Waals surface area contributed by atoms with Gasteiger partial charge in [-0.2, -0.15) is 18.2 Å². The molecule has 2 rings (SSSR count). The minimum absolute atomic E-state index is 0.113. The van der Waals surface area contributed by atoms with Crippen LogP contribution >= 0.6 is 0 Å². The van der Waals surface area contributed by atoms with E-state index < -0.39 is 11.7 Å². The van der Waals surface area contributed by atoms with Gasteiger partial charge in [0, 0.05) is 7.05 Å². The van der Waals surface area contributed by atoms with Crippen molar-refractivity contribution in [3.05, 3.63) is 35.3 Å². The van der Waals surface area contributed by atoms with Gasteiger partial charge in [-0.25, -0.2) is 4.68 Å². The van der Waals surface area contributed by atoms with Crippen molar-refractivity contribution in [2.24, 2.45) is 7.05 Å². The molecule has 1 aromatic heterocycles. The van der Waals surface area contributed by atoms with Gasteiger partial charge in [0.15, 0.2) is 11.3 Å². The average Bonchev–Trinajstić information content (AvgIpc) is 2.35. The van der Waals surface area contributed by atoms with E-state index in [2.05, 4.69) is 15.4 Å². The lowest BCUT2D eigenvalue weighted by atomic mass is 10.1. The zero-order valence-corrected chi connectivity index (χ0v) is 10.4. The molecule has 0 unspecified atom stereocenters. The number of benzene rings is 1. The fourth-order valence-electron chi connectivity index (χ4n) is 1.56. The van der Waals surface area contributed by atoms with Crippen LogP contribution in [0.5, 0.6) is 0 Å². The van der Waals surface area contributed by atoms with E-state index in [1.165, 1.54) is 25.2 Å². The summed E-state index contributed by atoms with van der Waals surface area (Å²) in [4.78, 5) is 3.73. The van der Waals surface area contributed by atoms with Gasteiger partial charge in [-0.1, -0.05) is 12.1 Å². The second-order valence-electron chi connectivity index (χ2n) is 3.96. The molecule has 106 valence electrons. The van der Waals surface area contributed by atoms with Crippen LogP contribution in [0.15, 0.2) is 24.3 Å². The summed E-state index contributed by atoms with van der Waals surface area (Å²) in [7, 11) is 1.45. The van der Waals surface area contributed by atoms with Crippen molar-refractivity contribution < 1.29 is 13.2 Å². The van der Waals surface area contributed by atoms with Crippen molar-refractivity contribution in [3.63, 3.8) is 0 Å². The first-order valence-electron chi connectivity index (χ1n) is 5.47. The summed E-state index contributed by atoms with van der Waals surface area (Å²) in [6, 6.07) is 4.96. The van der Waals surface area contributed by atoms with Gasteiger partial charge in [0.25, 0.3) is 0 Å². The molecule has 0 saturated carbocycles. The van der Waals surface area contributed by atoms with Crippen molar-refractivity contribution in [2.45, 2.75) is 6.18 Å². The Morgan fingerprint density at radius 3 is 2.55 bits per heavy atom. The van der Waals surface area contributed by atoms with Crippen LogP contribution in [0, 0.1) is 5.41 Å². The van der Waals surface area contributed by atoms with Gasteiger partial charge in [-0.05, 0) is 12.1 Å². The molecule has 6 nitrogen and oxygen atoms in total. The summed E-state index contributed by atoms with van der Waals surface area (Å²) in [5, 5.41) is 13.7. The summed E-state index contributed by atoms with van der Waals surface area (Å²) >= 11 is 0. The van der Waals surface area contributed by atoms with Crippen LogP contribution in [0.25, 0.3) is 0 Å². The highest BCUT2D eigenvalue weighted by Crippen LogP contribution is 2.35. The van der Waals surface area contributed by atoms with Crippen LogP contribution in [-0.4, -0.2) is 14.8 Å². The van der Waals surface area contributed by atoms with Crippen molar-refractivity contribution >= 4 is 17.5 Å². The maximum atomic E-state index is 12.8. The minimum Gasteiger partial charge on any atom is -0.380 e. The maximum Gasteiger partial charge on any atom is 0.418 e. The number of anilines is 3. The second-order valence-corrected chi connectivity index (χ2v) is 3.96. The summed E-state index contributed by atoms with van der Waals surface area (Å²) < 4.78 is 39.6. The third-order valence-electron chi connectivity index (χ3n) is 2.52. The van der Waals surface area contributed by atoms with Crippen LogP contribution < -0.4 is 16.5 Å². The van der Waals surface area contributed by atoms with Gasteiger partial charge in [0.05, 0.1) is 11.3 Å². The highest BCUT2D eigenvalue weighted by Gasteiger charge is 2.33. The monoisotopic (exact) mass is 284 g/mol. The number of hydrogen-bond donors (Lipinski definition) is 3. The third kappa shape index (κ3) is 2.71. The molecule has 0 aliphatic carbocycles. The van der Waals surface area contributed by atoms with Crippen LogP contribution in [0.3, 0.4) is 0 Å². The fourth-order valence-corrected chi connectivity index (χ4v) is 1.56. The van der Waals surface area contributed by atoms with Crippen molar-refractivity contribution in [1.29, 1.82) is 5.41 Å². The molecule has 4 N–H and O–H groups in total. The molecule has 1 aromatic carbocycles. The van der Waals surface area contributed by atoms with E-state index >= 15 is 0 Å². The molecule has 2 aromatic rings. The van der Waals surface area contributed by atoms with E-state index in [1.54, 1.807) is 0 Å². The lowest BCUT2D eigenvalue weighted by Crippen LogP contribution is -2.25. The molecule has 0 bridgehead atoms. The van der Waals surface area contributed by atoms with Gasteiger partial charge in [-0.3, -0.25) is 5.41 Å². The number of aryl methyl sites for hydroxylation is 1. The molecule has 0 aliphatic heterocycles. The number of halogens is 3. The molecule has 0 saturated heterocycles. The van der Waals surface area contributed by atoms with Gasteiger partial charge >= 0.3 is 6.18 Å². The first-order chi connectivity index (χ1) is 9.29. The second kappa shape index (κ2) is 4.83. The standard InChI is InChI=1S/C11H11F3N6/c1-20-9(16)8(15)18-10(19-20)17-7-5-3-2-4-6(7)11(12,13)14/h2-5,16H,1H3,(H3,15,17,18,19). The Morgan fingerprint density at radius 1 is 1.30 bits per heavy atom. The Hall–Kier alpha value is -2.58. The Labute approximate surface area is 111 Å². The zero-order valence-electron chi connectivity index (χ0n) is 10.4. The Kier molecular flexibility index (Phi) is 3.35. The molecule has 1 heterocycles. The number of nitrogen functional groups attached to an aromatic ring is 1. The molecule has 0 atom stereocenters. The fraction of sp³-hybridized carbons (Fsp3) is 0.182. The first-order valence-corrected chi connectivity index (χ1v) is 5.47. The SMILES string of the molecule is Cn1nc(Nc2ccccc2C(F)(F)F)nc(N)c1=N. The predicted molar refractivity (Wildman–Crippen MR) is 66.0 cm³/mol. The maximum absolute atomic E-state index is 12.8. The number of rotatable bonds is 2. The van der Waals surface area contributed by atoms with Gasteiger partial charge in [0.2, 0.25) is 5.95 Å². The highest BCUT2D eigenvalue weighted by molar-refractivity contribution is 5.59. The predicted octanol–water partition coefficient (Wildman–Crippen LogP) is 1.64. The van der Waals surface area contributed by atoms with Gasteiger partial charge < -0.3 is 11.1 Å². The number of aromatic nitrogens is 3. The van der Waals surface area contributed by atoms with E-state index in [4.69, 9.17) is 11.1 Å². The van der Waals surface area contributed by atoms with Crippen molar-refractivity contribution in [1.82, 2.24) is 14.8 Å². The first kappa shape index (κ1) is 13.8. The highest BCUT2D eigenvalue weighted by atomic mass is 19.4. The number of nitrogens with zero attached hydrogens (tertiary/aromatic N) is 3. The van der Waals surface area contributed by atoms with Crippen LogP contribution in [0.1, 0.15) is 5.56 Å². The quantitative estimate of drug-likeness (QED) is 0.781. The topological polar surface area (TPSA) is 92.6 Å². The van der Waals surface area contributed by atoms with Gasteiger partial charge in [-0.15, -0.1) is 5.10 Å². The number of para-hydroxylation sites is 1. The summed E-state index contributed by atoms with van der Waals surface area (Å²) in [5.74, 6) is -0.243. The van der Waals surface area contributed by atoms with Crippen LogP contribution in [-0.2, 0) is 13.2 Å². The van der Waals surface area contributed by atoms with Crippen molar-refractivity contribution in [3.8, 4) is 0 Å². The lowest BCUT2D eigenvalue weighted by molar-refractivity contribution is -0.136. The summed E-state index contributed by atoms with van der Waals surface area (Å²) in [5.41, 5.74) is 4.34. The summed E-state index contributed by atoms with van der Waals surface area (Å²) in [6.45, 7) is 0. The Bertz CT molecular complexity index is 665. The number of nitrogens with two attached hydrogens (primary N) is 1. The minimum atomic E-state index is -4.49. The smallest absolute Gasteiger partial charge is 0.380 e. The third-order valence-corrected chi connectivity index (χ3v) is 2.52. The molecule has 0 amide bonds. The zero-order chi connectivity index (χ0) is 14.9. The van der Waals surface area contributed by atoms with E-state index in [1.807, 2.05) is 0 Å². The Balaban J connectivity index is 2.43. The van der Waals surface area contributed by atoms with E-state index in [0.29, 0.717) is 0 Å². The molecular weight excluding hydrogens is 273 g/mol. The van der Waals surface area contributed by atoms with Gasteiger partial charge in [0.1, 0.15) is 0 Å². The molecule has 0 spiro atoms. The number of nitrogens with one attached hydrogen (secondary N) is 2. The molecule has 0 radical (unpaired) electrons. The molecule has 20 heavy (non-hydrogen) atoms. The van der Waals surface area contributed by atoms with Crippen molar-refractivity contribution in [2.75, 3.05) is 11.1 Å². The summed E-state index contributed by atoms with van der Waals surface area (Å²) in [6.07, 6.45) is -4.49. The Morgan fingerprint density at radius 2 is 1.95 bits per heavy atom. The van der Waals surface area contributed by atoms with Crippen LogP contribution in [0.4, 0.5) is 30.6 Å². The van der Waals surface area contributed by atoms with E-state index in [9.17, 15) is 13.2 Å². The van der Waals surface area contributed by atoms with Crippen LogP contribution in [0.2, 0.25) is 0 Å². The molecular formula is C11H11F3N6. The molecule has 9 heteroatoms. The van der Waals surface area contributed by atoms with E-state index in [-0.39, 0.29) is 22.9 Å². The average molecular weight is 284 g/mol. The molecule has 0 fully saturated rings. The molecule has 0 aliphatic rings. The normalized spacial score (nSPS) is 11.4. The largest absolute Gasteiger partial charge is 0.418 e. The number of hydrogen-bond acceptors (Lipinski definition) is 5. The van der Waals surface area contributed by atoms with E-state index in [0.717, 1.165) is 10.7 Å². The lowest BCUT2D eigenvalue weighted by Gasteiger charge is -2.13.